The standard InChI is InChI=1S/C17H18ClNO4/c1-21-14-9-16(23-3)15(22-2)8-13(14)17(20)19-10-11-5-4-6-12(18)7-11/h4-9H,10H2,1-3H3,(H,19,20). The number of hydrogen-bond acceptors (Lipinski definition) is 4. The summed E-state index contributed by atoms with van der Waals surface area (Å²) in [4.78, 5) is 12.4. The van der Waals surface area contributed by atoms with Crippen molar-refractivity contribution in [2.24, 2.45) is 0 Å². The van der Waals surface area contributed by atoms with Crippen LogP contribution in [0.4, 0.5) is 0 Å². The van der Waals surface area contributed by atoms with Gasteiger partial charge in [0.25, 0.3) is 5.91 Å². The molecule has 0 spiro atoms. The van der Waals surface area contributed by atoms with Crippen molar-refractivity contribution in [2.75, 3.05) is 21.3 Å². The van der Waals surface area contributed by atoms with Gasteiger partial charge in [0.2, 0.25) is 0 Å². The van der Waals surface area contributed by atoms with Gasteiger partial charge < -0.3 is 19.5 Å². The topological polar surface area (TPSA) is 56.8 Å². The molecule has 0 saturated carbocycles. The van der Waals surface area contributed by atoms with Crippen LogP contribution in [0.5, 0.6) is 17.2 Å². The van der Waals surface area contributed by atoms with Gasteiger partial charge in [0.05, 0.1) is 26.9 Å². The van der Waals surface area contributed by atoms with Gasteiger partial charge in [-0.05, 0) is 17.7 Å². The SMILES string of the molecule is COc1cc(OC)c(C(=O)NCc2cccc(Cl)c2)cc1OC. The summed E-state index contributed by atoms with van der Waals surface area (Å²) >= 11 is 5.93. The second kappa shape index (κ2) is 7.74. The third-order valence-corrected chi connectivity index (χ3v) is 3.53. The van der Waals surface area contributed by atoms with Crippen molar-refractivity contribution in [3.8, 4) is 17.2 Å². The highest BCUT2D eigenvalue weighted by atomic mass is 35.5. The van der Waals surface area contributed by atoms with Crippen molar-refractivity contribution >= 4 is 17.5 Å². The van der Waals surface area contributed by atoms with Crippen LogP contribution in [0.25, 0.3) is 0 Å². The minimum atomic E-state index is -0.275. The fourth-order valence-corrected chi connectivity index (χ4v) is 2.34. The molecule has 0 fully saturated rings. The summed E-state index contributed by atoms with van der Waals surface area (Å²) in [7, 11) is 4.53. The molecule has 0 atom stereocenters. The monoisotopic (exact) mass is 335 g/mol. The Morgan fingerprint density at radius 3 is 2.26 bits per heavy atom. The number of ether oxygens (including phenoxy) is 3. The minimum absolute atomic E-state index is 0.275. The lowest BCUT2D eigenvalue weighted by atomic mass is 10.1. The Balaban J connectivity index is 2.21. The van der Waals surface area contributed by atoms with Crippen LogP contribution in [-0.2, 0) is 6.54 Å². The Morgan fingerprint density at radius 1 is 1.00 bits per heavy atom. The number of methoxy groups -OCH3 is 3. The molecule has 0 unspecified atom stereocenters. The maximum Gasteiger partial charge on any atom is 0.255 e. The van der Waals surface area contributed by atoms with Crippen molar-refractivity contribution in [1.82, 2.24) is 5.32 Å². The summed E-state index contributed by atoms with van der Waals surface area (Å²) in [6.45, 7) is 0.358. The number of hydrogen-bond donors (Lipinski definition) is 1. The Kier molecular flexibility index (Phi) is 5.71. The number of carbonyl (C=O) groups is 1. The lowest BCUT2D eigenvalue weighted by molar-refractivity contribution is 0.0947. The molecule has 2 rings (SSSR count). The normalized spacial score (nSPS) is 10.1. The van der Waals surface area contributed by atoms with Gasteiger partial charge >= 0.3 is 0 Å². The molecule has 0 heterocycles. The van der Waals surface area contributed by atoms with Crippen LogP contribution in [-0.4, -0.2) is 27.2 Å². The van der Waals surface area contributed by atoms with Crippen molar-refractivity contribution in [1.29, 1.82) is 0 Å². The fraction of sp³-hybridized carbons (Fsp3) is 0.235. The molecule has 5 nitrogen and oxygen atoms in total. The van der Waals surface area contributed by atoms with E-state index in [4.69, 9.17) is 25.8 Å². The van der Waals surface area contributed by atoms with E-state index in [1.807, 2.05) is 12.1 Å². The molecule has 0 radical (unpaired) electrons. The molecule has 0 bridgehead atoms. The van der Waals surface area contributed by atoms with E-state index in [2.05, 4.69) is 5.32 Å². The summed E-state index contributed by atoms with van der Waals surface area (Å²) in [6, 6.07) is 10.5. The number of halogens is 1. The summed E-state index contributed by atoms with van der Waals surface area (Å²) in [5.74, 6) is 1.09. The first kappa shape index (κ1) is 17.0. The van der Waals surface area contributed by atoms with Gasteiger partial charge in [0.1, 0.15) is 5.75 Å². The summed E-state index contributed by atoms with van der Waals surface area (Å²) in [5, 5.41) is 3.46. The van der Waals surface area contributed by atoms with Crippen LogP contribution in [0.3, 0.4) is 0 Å². The fourth-order valence-electron chi connectivity index (χ4n) is 2.13. The molecule has 0 aliphatic carbocycles. The number of carbonyl (C=O) groups excluding carboxylic acids is 1. The maximum absolute atomic E-state index is 12.4. The quantitative estimate of drug-likeness (QED) is 0.880. The smallest absolute Gasteiger partial charge is 0.255 e. The first-order valence-electron chi connectivity index (χ1n) is 6.91. The molecule has 1 amide bonds. The van der Waals surface area contributed by atoms with E-state index < -0.39 is 0 Å². The number of benzene rings is 2. The van der Waals surface area contributed by atoms with Crippen LogP contribution in [0.1, 0.15) is 15.9 Å². The Labute approximate surface area is 140 Å². The van der Waals surface area contributed by atoms with Gasteiger partial charge in [-0.1, -0.05) is 23.7 Å². The van der Waals surface area contributed by atoms with Crippen molar-refractivity contribution in [2.45, 2.75) is 6.54 Å². The van der Waals surface area contributed by atoms with Gasteiger partial charge in [-0.25, -0.2) is 0 Å². The van der Waals surface area contributed by atoms with Crippen molar-refractivity contribution < 1.29 is 19.0 Å². The van der Waals surface area contributed by atoms with Crippen LogP contribution < -0.4 is 19.5 Å². The van der Waals surface area contributed by atoms with Crippen LogP contribution in [0.2, 0.25) is 5.02 Å². The van der Waals surface area contributed by atoms with Gasteiger partial charge in [0, 0.05) is 23.7 Å². The second-order valence-electron chi connectivity index (χ2n) is 4.72. The zero-order chi connectivity index (χ0) is 16.8. The van der Waals surface area contributed by atoms with Crippen molar-refractivity contribution in [3.63, 3.8) is 0 Å². The Morgan fingerprint density at radius 2 is 1.65 bits per heavy atom. The zero-order valence-electron chi connectivity index (χ0n) is 13.2. The van der Waals surface area contributed by atoms with E-state index in [0.29, 0.717) is 34.4 Å². The predicted octanol–water partition coefficient (Wildman–Crippen LogP) is 3.30. The summed E-state index contributed by atoms with van der Waals surface area (Å²) in [5.41, 5.74) is 1.28. The summed E-state index contributed by atoms with van der Waals surface area (Å²) < 4.78 is 15.7. The van der Waals surface area contributed by atoms with Crippen LogP contribution in [0.15, 0.2) is 36.4 Å². The molecule has 0 saturated heterocycles. The molecule has 23 heavy (non-hydrogen) atoms. The minimum Gasteiger partial charge on any atom is -0.496 e. The molecular weight excluding hydrogens is 318 g/mol. The van der Waals surface area contributed by atoms with E-state index in [-0.39, 0.29) is 5.91 Å². The molecule has 122 valence electrons. The van der Waals surface area contributed by atoms with Gasteiger partial charge in [-0.15, -0.1) is 0 Å². The maximum atomic E-state index is 12.4. The number of amides is 1. The van der Waals surface area contributed by atoms with E-state index in [1.165, 1.54) is 21.3 Å². The Bertz CT molecular complexity index is 703. The third-order valence-electron chi connectivity index (χ3n) is 3.29. The van der Waals surface area contributed by atoms with E-state index in [0.717, 1.165) is 5.56 Å². The lowest BCUT2D eigenvalue weighted by Gasteiger charge is -2.14. The van der Waals surface area contributed by atoms with Crippen LogP contribution in [0, 0.1) is 0 Å². The average Bonchev–Trinajstić information content (AvgIpc) is 2.58. The third kappa shape index (κ3) is 4.07. The highest BCUT2D eigenvalue weighted by molar-refractivity contribution is 6.30. The van der Waals surface area contributed by atoms with Gasteiger partial charge in [-0.3, -0.25) is 4.79 Å². The highest BCUT2D eigenvalue weighted by Gasteiger charge is 2.17. The molecule has 0 aliphatic heterocycles. The molecular formula is C17H18ClNO4. The number of rotatable bonds is 6. The predicted molar refractivity (Wildman–Crippen MR) is 88.7 cm³/mol. The molecule has 0 aromatic heterocycles. The van der Waals surface area contributed by atoms with E-state index >= 15 is 0 Å². The number of nitrogens with one attached hydrogen (secondary N) is 1. The average molecular weight is 336 g/mol. The molecule has 0 aliphatic rings. The van der Waals surface area contributed by atoms with Crippen molar-refractivity contribution in [3.05, 3.63) is 52.5 Å². The Hall–Kier alpha value is -2.40. The molecule has 2 aromatic rings. The van der Waals surface area contributed by atoms with E-state index in [9.17, 15) is 4.79 Å². The summed E-state index contributed by atoms with van der Waals surface area (Å²) in [6.07, 6.45) is 0. The zero-order valence-corrected chi connectivity index (χ0v) is 13.9. The van der Waals surface area contributed by atoms with Crippen LogP contribution >= 0.6 is 11.6 Å². The second-order valence-corrected chi connectivity index (χ2v) is 5.16. The van der Waals surface area contributed by atoms with Gasteiger partial charge in [-0.2, -0.15) is 0 Å². The highest BCUT2D eigenvalue weighted by Crippen LogP contribution is 2.34. The van der Waals surface area contributed by atoms with E-state index in [1.54, 1.807) is 24.3 Å². The first-order valence-corrected chi connectivity index (χ1v) is 7.29. The van der Waals surface area contributed by atoms with Gasteiger partial charge in [0.15, 0.2) is 11.5 Å². The molecule has 2 aromatic carbocycles. The first-order chi connectivity index (χ1) is 11.1. The largest absolute Gasteiger partial charge is 0.496 e. The molecule has 1 N–H and O–H groups in total. The molecule has 6 heteroatoms. The lowest BCUT2D eigenvalue weighted by Crippen LogP contribution is -2.23.